The zero-order valence-corrected chi connectivity index (χ0v) is 17.7. The number of hydrogen-bond acceptors (Lipinski definition) is 5. The monoisotopic (exact) mass is 413 g/mol. The van der Waals surface area contributed by atoms with Gasteiger partial charge in [0.15, 0.2) is 0 Å². The SMILES string of the molecule is C[C@@H]1CCc2c(sc3nc(CSCC(=O)N(C)c4ccccc4)[nH]c(=O)c23)C1. The van der Waals surface area contributed by atoms with Crippen molar-refractivity contribution in [2.24, 2.45) is 5.92 Å². The smallest absolute Gasteiger partial charge is 0.259 e. The van der Waals surface area contributed by atoms with Gasteiger partial charge in [-0.3, -0.25) is 9.59 Å². The molecule has 1 aromatic carbocycles. The second-order valence-corrected chi connectivity index (χ2v) is 9.39. The van der Waals surface area contributed by atoms with Gasteiger partial charge in [0.05, 0.1) is 16.9 Å². The van der Waals surface area contributed by atoms with Crippen LogP contribution < -0.4 is 10.5 Å². The van der Waals surface area contributed by atoms with Crippen LogP contribution in [0.1, 0.15) is 29.6 Å². The molecule has 0 unspecified atom stereocenters. The molecule has 5 nitrogen and oxygen atoms in total. The number of anilines is 1. The van der Waals surface area contributed by atoms with Crippen LogP contribution >= 0.6 is 23.1 Å². The van der Waals surface area contributed by atoms with Gasteiger partial charge in [-0.05, 0) is 42.9 Å². The van der Waals surface area contributed by atoms with Gasteiger partial charge in [-0.15, -0.1) is 23.1 Å². The summed E-state index contributed by atoms with van der Waals surface area (Å²) in [6.07, 6.45) is 3.14. The fourth-order valence-corrected chi connectivity index (χ4v) is 5.79. The highest BCUT2D eigenvalue weighted by molar-refractivity contribution is 7.99. The van der Waals surface area contributed by atoms with Crippen molar-refractivity contribution < 1.29 is 4.79 Å². The number of fused-ring (bicyclic) bond motifs is 3. The Balaban J connectivity index is 1.44. The molecule has 2 heterocycles. The van der Waals surface area contributed by atoms with E-state index in [2.05, 4.69) is 16.9 Å². The number of carbonyl (C=O) groups excluding carboxylic acids is 1. The molecule has 7 heteroatoms. The third-order valence-electron chi connectivity index (χ3n) is 5.20. The maximum absolute atomic E-state index is 12.6. The van der Waals surface area contributed by atoms with Crippen LogP contribution in [0, 0.1) is 5.92 Å². The summed E-state index contributed by atoms with van der Waals surface area (Å²) >= 11 is 3.13. The molecule has 0 spiro atoms. The second-order valence-electron chi connectivity index (χ2n) is 7.33. The number of aromatic amines is 1. The zero-order chi connectivity index (χ0) is 19.7. The van der Waals surface area contributed by atoms with Gasteiger partial charge in [0.1, 0.15) is 10.7 Å². The van der Waals surface area contributed by atoms with E-state index < -0.39 is 0 Å². The second kappa shape index (κ2) is 8.09. The van der Waals surface area contributed by atoms with E-state index in [-0.39, 0.29) is 11.5 Å². The molecule has 1 atom stereocenters. The van der Waals surface area contributed by atoms with E-state index in [0.717, 1.165) is 35.2 Å². The number of nitrogens with one attached hydrogen (secondary N) is 1. The summed E-state index contributed by atoms with van der Waals surface area (Å²) in [6, 6.07) is 9.58. The Hall–Kier alpha value is -2.12. The van der Waals surface area contributed by atoms with Crippen molar-refractivity contribution in [1.82, 2.24) is 9.97 Å². The molecule has 1 amide bonds. The number of H-pyrrole nitrogens is 1. The minimum Gasteiger partial charge on any atom is -0.315 e. The first-order valence-electron chi connectivity index (χ1n) is 9.45. The van der Waals surface area contributed by atoms with Crippen molar-refractivity contribution >= 4 is 44.9 Å². The lowest BCUT2D eigenvalue weighted by Gasteiger charge is -2.17. The number of aromatic nitrogens is 2. The van der Waals surface area contributed by atoms with Crippen LogP contribution in [0.4, 0.5) is 5.69 Å². The number of para-hydroxylation sites is 1. The number of thioether (sulfide) groups is 1. The Morgan fingerprint density at radius 1 is 1.36 bits per heavy atom. The van der Waals surface area contributed by atoms with Crippen LogP contribution in [0.25, 0.3) is 10.2 Å². The maximum atomic E-state index is 12.6. The molecule has 1 N–H and O–H groups in total. The summed E-state index contributed by atoms with van der Waals surface area (Å²) < 4.78 is 0. The topological polar surface area (TPSA) is 66.1 Å². The fraction of sp³-hybridized carbons (Fsp3) is 0.381. The Morgan fingerprint density at radius 2 is 2.14 bits per heavy atom. The highest BCUT2D eigenvalue weighted by Crippen LogP contribution is 2.35. The standard InChI is InChI=1S/C21H23N3O2S2/c1-13-8-9-15-16(10-13)28-21-19(15)20(26)22-17(23-21)11-27-12-18(25)24(2)14-6-4-3-5-7-14/h3-7,13H,8-12H2,1-2H3,(H,22,23,26)/t13-/m1/s1. The number of benzene rings is 1. The molecule has 0 saturated carbocycles. The molecule has 4 rings (SSSR count). The molecule has 0 fully saturated rings. The summed E-state index contributed by atoms with van der Waals surface area (Å²) in [4.78, 5) is 36.4. The molecule has 1 aliphatic carbocycles. The highest BCUT2D eigenvalue weighted by Gasteiger charge is 2.23. The summed E-state index contributed by atoms with van der Waals surface area (Å²) in [5, 5.41) is 0.778. The highest BCUT2D eigenvalue weighted by atomic mass is 32.2. The zero-order valence-electron chi connectivity index (χ0n) is 16.0. The molecule has 1 aliphatic rings. The predicted octanol–water partition coefficient (Wildman–Crippen LogP) is 4.01. The fourth-order valence-electron chi connectivity index (χ4n) is 3.59. The number of thiophene rings is 1. The average molecular weight is 414 g/mol. The lowest BCUT2D eigenvalue weighted by atomic mass is 9.89. The van der Waals surface area contributed by atoms with E-state index in [0.29, 0.717) is 23.2 Å². The van der Waals surface area contributed by atoms with Crippen molar-refractivity contribution in [3.8, 4) is 0 Å². The molecule has 146 valence electrons. The number of rotatable bonds is 5. The van der Waals surface area contributed by atoms with Gasteiger partial charge in [0, 0.05) is 17.6 Å². The molecule has 3 aromatic rings. The lowest BCUT2D eigenvalue weighted by molar-refractivity contribution is -0.115. The van der Waals surface area contributed by atoms with Gasteiger partial charge < -0.3 is 9.88 Å². The minimum atomic E-state index is -0.0413. The quantitative estimate of drug-likeness (QED) is 0.686. The molecule has 0 bridgehead atoms. The van der Waals surface area contributed by atoms with Gasteiger partial charge in [-0.1, -0.05) is 25.1 Å². The van der Waals surface area contributed by atoms with Crippen molar-refractivity contribution in [1.29, 1.82) is 0 Å². The molecule has 0 saturated heterocycles. The Morgan fingerprint density at radius 3 is 2.93 bits per heavy atom. The first kappa shape index (κ1) is 19.2. The summed E-state index contributed by atoms with van der Waals surface area (Å²) in [5.41, 5.74) is 2.03. The van der Waals surface area contributed by atoms with E-state index >= 15 is 0 Å². The van der Waals surface area contributed by atoms with Crippen molar-refractivity contribution in [3.63, 3.8) is 0 Å². The predicted molar refractivity (Wildman–Crippen MR) is 117 cm³/mol. The van der Waals surface area contributed by atoms with E-state index in [1.54, 1.807) is 23.3 Å². The number of aryl methyl sites for hydroxylation is 1. The van der Waals surface area contributed by atoms with Crippen LogP contribution in [0.5, 0.6) is 0 Å². The van der Waals surface area contributed by atoms with Gasteiger partial charge in [0.25, 0.3) is 5.56 Å². The average Bonchev–Trinajstić information content (AvgIpc) is 3.05. The minimum absolute atomic E-state index is 0.0280. The molecule has 0 aliphatic heterocycles. The summed E-state index contributed by atoms with van der Waals surface area (Å²) in [6.45, 7) is 2.26. The number of hydrogen-bond donors (Lipinski definition) is 1. The van der Waals surface area contributed by atoms with Gasteiger partial charge >= 0.3 is 0 Å². The molecule has 28 heavy (non-hydrogen) atoms. The number of nitrogens with zero attached hydrogens (tertiary/aromatic N) is 2. The van der Waals surface area contributed by atoms with Gasteiger partial charge in [-0.2, -0.15) is 0 Å². The van der Waals surface area contributed by atoms with Crippen molar-refractivity contribution in [2.75, 3.05) is 17.7 Å². The lowest BCUT2D eigenvalue weighted by Crippen LogP contribution is -2.27. The number of carbonyl (C=O) groups is 1. The van der Waals surface area contributed by atoms with Gasteiger partial charge in [-0.25, -0.2) is 4.98 Å². The first-order chi connectivity index (χ1) is 13.5. The van der Waals surface area contributed by atoms with E-state index in [9.17, 15) is 9.59 Å². The third-order valence-corrected chi connectivity index (χ3v) is 7.27. The summed E-state index contributed by atoms with van der Waals surface area (Å²) in [7, 11) is 1.78. The Bertz CT molecular complexity index is 1060. The molecular weight excluding hydrogens is 390 g/mol. The largest absolute Gasteiger partial charge is 0.315 e. The molecule has 0 radical (unpaired) electrons. The van der Waals surface area contributed by atoms with Crippen LogP contribution in [0.15, 0.2) is 35.1 Å². The van der Waals surface area contributed by atoms with Crippen LogP contribution in [0.2, 0.25) is 0 Å². The molecular formula is C21H23N3O2S2. The van der Waals surface area contributed by atoms with Gasteiger partial charge in [0.2, 0.25) is 5.91 Å². The summed E-state index contributed by atoms with van der Waals surface area (Å²) in [5.74, 6) is 2.19. The van der Waals surface area contributed by atoms with E-state index in [1.165, 1.54) is 22.2 Å². The van der Waals surface area contributed by atoms with E-state index in [4.69, 9.17) is 0 Å². The number of amides is 1. The maximum Gasteiger partial charge on any atom is 0.259 e. The Labute approximate surface area is 172 Å². The molecule has 2 aromatic heterocycles. The van der Waals surface area contributed by atoms with Crippen molar-refractivity contribution in [3.05, 3.63) is 57.0 Å². The van der Waals surface area contributed by atoms with Crippen LogP contribution in [-0.4, -0.2) is 28.7 Å². The van der Waals surface area contributed by atoms with Crippen LogP contribution in [0.3, 0.4) is 0 Å². The van der Waals surface area contributed by atoms with E-state index in [1.807, 2.05) is 30.3 Å². The first-order valence-corrected chi connectivity index (χ1v) is 11.4. The third kappa shape index (κ3) is 3.86. The van der Waals surface area contributed by atoms with Crippen molar-refractivity contribution in [2.45, 2.75) is 31.9 Å². The normalized spacial score (nSPS) is 16.1. The Kier molecular flexibility index (Phi) is 5.55. The van der Waals surface area contributed by atoms with Crippen LogP contribution in [-0.2, 0) is 23.4 Å².